The van der Waals surface area contributed by atoms with Crippen molar-refractivity contribution in [3.63, 3.8) is 0 Å². The van der Waals surface area contributed by atoms with Crippen molar-refractivity contribution in [2.45, 2.75) is 25.7 Å². The first-order valence-corrected chi connectivity index (χ1v) is 5.65. The zero-order valence-corrected chi connectivity index (χ0v) is 9.44. The summed E-state index contributed by atoms with van der Waals surface area (Å²) < 4.78 is 10.1. The summed E-state index contributed by atoms with van der Waals surface area (Å²) in [7, 11) is 1.54. The second-order valence-corrected chi connectivity index (χ2v) is 4.12. The minimum absolute atomic E-state index is 0.370. The monoisotopic (exact) mass is 220 g/mol. The normalized spacial score (nSPS) is 17.1. The van der Waals surface area contributed by atoms with E-state index >= 15 is 0 Å². The molecule has 3 nitrogen and oxygen atoms in total. The Morgan fingerprint density at radius 3 is 2.81 bits per heavy atom. The molecule has 1 fully saturated rings. The topological polar surface area (TPSA) is 39.4 Å². The van der Waals surface area contributed by atoms with E-state index in [1.54, 1.807) is 13.2 Å². The van der Waals surface area contributed by atoms with Gasteiger partial charge in [-0.05, 0) is 24.8 Å². The maximum absolute atomic E-state index is 11.2. The zero-order chi connectivity index (χ0) is 11.4. The van der Waals surface area contributed by atoms with Gasteiger partial charge in [-0.15, -0.1) is 0 Å². The van der Waals surface area contributed by atoms with Crippen LogP contribution in [0.5, 0.6) is 5.75 Å². The van der Waals surface area contributed by atoms with Gasteiger partial charge in [-0.1, -0.05) is 18.9 Å². The number of hydrogen-bond acceptors (Lipinski definition) is 3. The number of allylic oxidation sites excluding steroid dienone is 1. The lowest BCUT2D eigenvalue weighted by Gasteiger charge is -2.01. The smallest absolute Gasteiger partial charge is 0.339 e. The highest BCUT2D eigenvalue weighted by atomic mass is 16.5. The Morgan fingerprint density at radius 2 is 2.12 bits per heavy atom. The SMILES string of the molecule is COc1cc(/C=C/C2CCCC2)oc(=O)c1. The molecule has 0 bridgehead atoms. The molecule has 1 aromatic heterocycles. The van der Waals surface area contributed by atoms with Gasteiger partial charge in [-0.2, -0.15) is 0 Å². The molecule has 0 saturated heterocycles. The highest BCUT2D eigenvalue weighted by Crippen LogP contribution is 2.26. The van der Waals surface area contributed by atoms with Crippen LogP contribution in [0, 0.1) is 5.92 Å². The molecule has 16 heavy (non-hydrogen) atoms. The lowest BCUT2D eigenvalue weighted by atomic mass is 10.1. The Bertz CT molecular complexity index is 425. The fraction of sp³-hybridized carbons (Fsp3) is 0.462. The van der Waals surface area contributed by atoms with Gasteiger partial charge in [-0.25, -0.2) is 4.79 Å². The Hall–Kier alpha value is -1.51. The molecule has 1 aliphatic carbocycles. The third kappa shape index (κ3) is 2.75. The average molecular weight is 220 g/mol. The molecule has 1 heterocycles. The third-order valence-corrected chi connectivity index (χ3v) is 2.93. The van der Waals surface area contributed by atoms with E-state index < -0.39 is 0 Å². The van der Waals surface area contributed by atoms with Crippen molar-refractivity contribution >= 4 is 6.08 Å². The van der Waals surface area contributed by atoms with Gasteiger partial charge in [0.05, 0.1) is 13.2 Å². The zero-order valence-electron chi connectivity index (χ0n) is 9.44. The van der Waals surface area contributed by atoms with Crippen LogP contribution in [0.4, 0.5) is 0 Å². The quantitative estimate of drug-likeness (QED) is 0.786. The molecule has 0 spiro atoms. The van der Waals surface area contributed by atoms with Crippen molar-refractivity contribution in [2.75, 3.05) is 7.11 Å². The third-order valence-electron chi connectivity index (χ3n) is 2.93. The Labute approximate surface area is 94.7 Å². The van der Waals surface area contributed by atoms with Gasteiger partial charge in [0, 0.05) is 6.07 Å². The predicted molar refractivity (Wildman–Crippen MR) is 62.5 cm³/mol. The van der Waals surface area contributed by atoms with E-state index in [2.05, 4.69) is 6.08 Å². The average Bonchev–Trinajstić information content (AvgIpc) is 2.78. The van der Waals surface area contributed by atoms with Crippen LogP contribution in [0.2, 0.25) is 0 Å². The maximum atomic E-state index is 11.2. The molecule has 3 heteroatoms. The van der Waals surface area contributed by atoms with Crippen molar-refractivity contribution in [2.24, 2.45) is 5.92 Å². The van der Waals surface area contributed by atoms with E-state index in [-0.39, 0.29) is 5.63 Å². The van der Waals surface area contributed by atoms with Gasteiger partial charge in [0.15, 0.2) is 0 Å². The van der Waals surface area contributed by atoms with Crippen LogP contribution in [0.25, 0.3) is 6.08 Å². The molecule has 1 aromatic rings. The first kappa shape index (κ1) is 11.0. The van der Waals surface area contributed by atoms with Crippen molar-refractivity contribution in [1.29, 1.82) is 0 Å². The fourth-order valence-corrected chi connectivity index (χ4v) is 2.05. The number of ether oxygens (including phenoxy) is 1. The van der Waals surface area contributed by atoms with Crippen molar-refractivity contribution in [1.82, 2.24) is 0 Å². The lowest BCUT2D eigenvalue weighted by molar-refractivity contribution is 0.400. The molecule has 0 radical (unpaired) electrons. The van der Waals surface area contributed by atoms with Gasteiger partial charge in [0.2, 0.25) is 0 Å². The summed E-state index contributed by atoms with van der Waals surface area (Å²) in [6.45, 7) is 0. The van der Waals surface area contributed by atoms with Gasteiger partial charge in [-0.3, -0.25) is 0 Å². The summed E-state index contributed by atoms with van der Waals surface area (Å²) in [6, 6.07) is 3.07. The maximum Gasteiger partial charge on any atom is 0.339 e. The van der Waals surface area contributed by atoms with Crippen LogP contribution in [0.3, 0.4) is 0 Å². The number of methoxy groups -OCH3 is 1. The predicted octanol–water partition coefficient (Wildman–Crippen LogP) is 2.85. The minimum Gasteiger partial charge on any atom is -0.496 e. The van der Waals surface area contributed by atoms with Crippen LogP contribution in [-0.4, -0.2) is 7.11 Å². The second kappa shape index (κ2) is 5.01. The highest BCUT2D eigenvalue weighted by molar-refractivity contribution is 5.45. The molecule has 0 unspecified atom stereocenters. The molecule has 1 saturated carbocycles. The lowest BCUT2D eigenvalue weighted by Crippen LogP contribution is -1.99. The van der Waals surface area contributed by atoms with E-state index in [0.717, 1.165) is 0 Å². The Morgan fingerprint density at radius 1 is 1.38 bits per heavy atom. The standard InChI is InChI=1S/C13H16O3/c1-15-12-8-11(16-13(14)9-12)7-6-10-4-2-3-5-10/h6-10H,2-5H2,1H3/b7-6+. The second-order valence-electron chi connectivity index (χ2n) is 4.12. The Kier molecular flexibility index (Phi) is 3.44. The van der Waals surface area contributed by atoms with Gasteiger partial charge < -0.3 is 9.15 Å². The van der Waals surface area contributed by atoms with Crippen molar-refractivity contribution in [3.8, 4) is 5.75 Å². The van der Waals surface area contributed by atoms with Crippen molar-refractivity contribution < 1.29 is 9.15 Å². The largest absolute Gasteiger partial charge is 0.496 e. The summed E-state index contributed by atoms with van der Waals surface area (Å²) in [4.78, 5) is 11.2. The first-order chi connectivity index (χ1) is 7.78. The van der Waals surface area contributed by atoms with Gasteiger partial charge in [0.1, 0.15) is 11.5 Å². The molecule has 0 N–H and O–H groups in total. The first-order valence-electron chi connectivity index (χ1n) is 5.65. The molecular formula is C13H16O3. The molecular weight excluding hydrogens is 204 g/mol. The van der Waals surface area contributed by atoms with Crippen LogP contribution < -0.4 is 10.4 Å². The van der Waals surface area contributed by atoms with E-state index in [4.69, 9.17) is 9.15 Å². The molecule has 0 amide bonds. The van der Waals surface area contributed by atoms with E-state index in [1.165, 1.54) is 31.7 Å². The van der Waals surface area contributed by atoms with Crippen LogP contribution in [0.15, 0.2) is 27.4 Å². The highest BCUT2D eigenvalue weighted by Gasteiger charge is 2.11. The van der Waals surface area contributed by atoms with Crippen LogP contribution in [0.1, 0.15) is 31.4 Å². The number of rotatable bonds is 3. The van der Waals surface area contributed by atoms with Crippen LogP contribution in [-0.2, 0) is 0 Å². The summed E-state index contributed by atoms with van der Waals surface area (Å²) >= 11 is 0. The fourth-order valence-electron chi connectivity index (χ4n) is 2.05. The Balaban J connectivity index is 2.13. The molecule has 0 atom stereocenters. The summed E-state index contributed by atoms with van der Waals surface area (Å²) in [5, 5.41) is 0. The van der Waals surface area contributed by atoms with E-state index in [0.29, 0.717) is 17.4 Å². The number of hydrogen-bond donors (Lipinski definition) is 0. The molecule has 0 aromatic carbocycles. The van der Waals surface area contributed by atoms with E-state index in [9.17, 15) is 4.79 Å². The molecule has 2 rings (SSSR count). The summed E-state index contributed by atoms with van der Waals surface area (Å²) in [6.07, 6.45) is 9.09. The molecule has 0 aliphatic heterocycles. The van der Waals surface area contributed by atoms with Crippen molar-refractivity contribution in [3.05, 3.63) is 34.4 Å². The van der Waals surface area contributed by atoms with Gasteiger partial charge in [0.25, 0.3) is 0 Å². The molecule has 86 valence electrons. The summed E-state index contributed by atoms with van der Waals surface area (Å²) in [5.74, 6) is 1.75. The van der Waals surface area contributed by atoms with E-state index in [1.807, 2.05) is 6.08 Å². The minimum atomic E-state index is -0.370. The van der Waals surface area contributed by atoms with Gasteiger partial charge >= 0.3 is 5.63 Å². The molecule has 1 aliphatic rings. The summed E-state index contributed by atoms with van der Waals surface area (Å²) in [5.41, 5.74) is -0.370. The van der Waals surface area contributed by atoms with Crippen LogP contribution >= 0.6 is 0 Å².